The highest BCUT2D eigenvalue weighted by Gasteiger charge is 2.35. The Labute approximate surface area is 128 Å². The number of aliphatic imine (C=N–C) groups is 1. The summed E-state index contributed by atoms with van der Waals surface area (Å²) in [5.41, 5.74) is -0.0403. The van der Waals surface area contributed by atoms with Crippen LogP contribution in [0.4, 0.5) is 18.9 Å². The van der Waals surface area contributed by atoms with Crippen LogP contribution in [0.2, 0.25) is 0 Å². The Bertz CT molecular complexity index is 621. The smallest absolute Gasteiger partial charge is 0.422 e. The number of nitrogens with zero attached hydrogens (tertiary/aromatic N) is 2. The lowest BCUT2D eigenvalue weighted by atomic mass is 10.2. The van der Waals surface area contributed by atoms with Gasteiger partial charge in [-0.3, -0.25) is 14.8 Å². The number of anilines is 1. The molecule has 0 bridgehead atoms. The first-order valence-corrected chi connectivity index (χ1v) is 6.29. The number of hydrogen-bond acceptors (Lipinski definition) is 5. The molecule has 0 saturated heterocycles. The molecule has 1 amide bonds. The molecule has 0 spiro atoms. The van der Waals surface area contributed by atoms with Crippen molar-refractivity contribution in [2.45, 2.75) is 11.2 Å². The zero-order chi connectivity index (χ0) is 16.2. The predicted octanol–water partition coefficient (Wildman–Crippen LogP) is 2.04. The standard InChI is InChI=1S/C12H10ClF3N4O2/c13-11(6-18-3-4-19-11)10(21)20-8-5-17-2-1-9(8)22-7-12(14,15)16/h1-6,19H,7H2,(H,20,21). The Morgan fingerprint density at radius 2 is 2.27 bits per heavy atom. The zero-order valence-electron chi connectivity index (χ0n) is 10.9. The quantitative estimate of drug-likeness (QED) is 0.652. The molecule has 1 aliphatic heterocycles. The lowest BCUT2D eigenvalue weighted by Crippen LogP contribution is -2.50. The molecule has 1 aliphatic rings. The molecule has 2 heterocycles. The summed E-state index contributed by atoms with van der Waals surface area (Å²) < 4.78 is 41.2. The highest BCUT2D eigenvalue weighted by molar-refractivity contribution is 6.45. The van der Waals surface area contributed by atoms with Crippen LogP contribution in [0.15, 0.2) is 35.9 Å². The minimum atomic E-state index is -4.50. The number of carbonyl (C=O) groups excluding carboxylic acids is 1. The average molecular weight is 335 g/mol. The molecule has 10 heteroatoms. The Morgan fingerprint density at radius 3 is 2.91 bits per heavy atom. The van der Waals surface area contributed by atoms with Gasteiger partial charge in [-0.05, 0) is 0 Å². The Morgan fingerprint density at radius 1 is 1.50 bits per heavy atom. The van der Waals surface area contributed by atoms with Gasteiger partial charge in [-0.2, -0.15) is 13.2 Å². The van der Waals surface area contributed by atoms with Crippen molar-refractivity contribution in [2.75, 3.05) is 11.9 Å². The number of carbonyl (C=O) groups is 1. The fraction of sp³-hybridized carbons (Fsp3) is 0.250. The summed E-state index contributed by atoms with van der Waals surface area (Å²) in [6.07, 6.45) is 1.78. The maximum atomic E-state index is 12.2. The Balaban J connectivity index is 2.11. The lowest BCUT2D eigenvalue weighted by molar-refractivity contribution is -0.153. The summed E-state index contributed by atoms with van der Waals surface area (Å²) in [7, 11) is 0. The van der Waals surface area contributed by atoms with E-state index < -0.39 is 23.7 Å². The van der Waals surface area contributed by atoms with E-state index in [2.05, 4.69) is 25.3 Å². The zero-order valence-corrected chi connectivity index (χ0v) is 11.6. The van der Waals surface area contributed by atoms with Gasteiger partial charge in [-0.15, -0.1) is 0 Å². The van der Waals surface area contributed by atoms with Crippen LogP contribution >= 0.6 is 11.6 Å². The van der Waals surface area contributed by atoms with Crippen LogP contribution in [0.3, 0.4) is 0 Å². The van der Waals surface area contributed by atoms with Crippen LogP contribution in [0, 0.1) is 0 Å². The Hall–Kier alpha value is -2.29. The molecule has 0 saturated carbocycles. The molecular formula is C12H10ClF3N4O2. The second kappa shape index (κ2) is 6.22. The predicted molar refractivity (Wildman–Crippen MR) is 73.8 cm³/mol. The van der Waals surface area contributed by atoms with E-state index in [4.69, 9.17) is 11.6 Å². The lowest BCUT2D eigenvalue weighted by Gasteiger charge is -2.24. The van der Waals surface area contributed by atoms with Crippen LogP contribution in [0.1, 0.15) is 0 Å². The Kier molecular flexibility index (Phi) is 4.55. The maximum absolute atomic E-state index is 12.2. The summed E-state index contributed by atoms with van der Waals surface area (Å²) in [4.78, 5) is 17.9. The molecule has 2 rings (SSSR count). The van der Waals surface area contributed by atoms with Gasteiger partial charge in [-0.25, -0.2) is 0 Å². The molecule has 118 valence electrons. The van der Waals surface area contributed by atoms with E-state index in [1.54, 1.807) is 0 Å². The van der Waals surface area contributed by atoms with E-state index >= 15 is 0 Å². The fourth-order valence-corrected chi connectivity index (χ4v) is 1.65. The molecule has 0 aliphatic carbocycles. The number of nitrogens with one attached hydrogen (secondary N) is 2. The number of hydrogen-bond donors (Lipinski definition) is 2. The van der Waals surface area contributed by atoms with E-state index in [-0.39, 0.29) is 11.4 Å². The van der Waals surface area contributed by atoms with Crippen LogP contribution in [0.25, 0.3) is 0 Å². The number of rotatable bonds is 4. The molecule has 1 aromatic heterocycles. The van der Waals surface area contributed by atoms with Crippen molar-refractivity contribution in [2.24, 2.45) is 4.99 Å². The summed E-state index contributed by atoms with van der Waals surface area (Å²) in [5, 5.41) is 4.92. The molecule has 1 atom stereocenters. The fourth-order valence-electron chi connectivity index (χ4n) is 1.48. The van der Waals surface area contributed by atoms with Gasteiger partial charge in [0.2, 0.25) is 5.00 Å². The second-order valence-corrected chi connectivity index (χ2v) is 4.78. The molecule has 2 N–H and O–H groups in total. The van der Waals surface area contributed by atoms with Crippen molar-refractivity contribution in [1.82, 2.24) is 10.3 Å². The molecule has 6 nitrogen and oxygen atoms in total. The van der Waals surface area contributed by atoms with Crippen LogP contribution in [0.5, 0.6) is 5.75 Å². The molecule has 0 aromatic carbocycles. The van der Waals surface area contributed by atoms with E-state index in [0.29, 0.717) is 0 Å². The first-order chi connectivity index (χ1) is 10.3. The summed E-state index contributed by atoms with van der Waals surface area (Å²) in [6, 6.07) is 1.20. The molecule has 22 heavy (non-hydrogen) atoms. The van der Waals surface area contributed by atoms with Gasteiger partial charge < -0.3 is 15.4 Å². The number of alkyl halides is 4. The van der Waals surface area contributed by atoms with Crippen molar-refractivity contribution in [3.8, 4) is 5.75 Å². The number of amides is 1. The largest absolute Gasteiger partial charge is 0.482 e. The van der Waals surface area contributed by atoms with E-state index in [0.717, 1.165) is 12.4 Å². The van der Waals surface area contributed by atoms with E-state index in [9.17, 15) is 18.0 Å². The highest BCUT2D eigenvalue weighted by Crippen LogP contribution is 2.26. The molecule has 0 radical (unpaired) electrons. The topological polar surface area (TPSA) is 75.6 Å². The third-order valence-corrected chi connectivity index (χ3v) is 2.84. The van der Waals surface area contributed by atoms with Crippen LogP contribution in [-0.4, -0.2) is 34.9 Å². The van der Waals surface area contributed by atoms with Gasteiger partial charge in [0.15, 0.2) is 6.61 Å². The molecule has 1 aromatic rings. The van der Waals surface area contributed by atoms with Gasteiger partial charge >= 0.3 is 6.18 Å². The molecule has 0 fully saturated rings. The van der Waals surface area contributed by atoms with Crippen molar-refractivity contribution < 1.29 is 22.7 Å². The van der Waals surface area contributed by atoms with Gasteiger partial charge in [0.05, 0.1) is 12.4 Å². The molecular weight excluding hydrogens is 325 g/mol. The minimum absolute atomic E-state index is 0.0403. The average Bonchev–Trinajstić information content (AvgIpc) is 2.46. The number of halogens is 4. The number of ether oxygens (including phenoxy) is 1. The SMILES string of the molecule is O=C(Nc1cnccc1OCC(F)(F)F)C1(Cl)C=NC=CN1. The van der Waals surface area contributed by atoms with Gasteiger partial charge in [-0.1, -0.05) is 11.6 Å². The highest BCUT2D eigenvalue weighted by atomic mass is 35.5. The van der Waals surface area contributed by atoms with Crippen molar-refractivity contribution >= 4 is 29.4 Å². The van der Waals surface area contributed by atoms with Crippen molar-refractivity contribution in [3.05, 3.63) is 30.9 Å². The molecule has 1 unspecified atom stereocenters. The first kappa shape index (κ1) is 16.1. The number of aromatic nitrogens is 1. The maximum Gasteiger partial charge on any atom is 0.422 e. The van der Waals surface area contributed by atoms with E-state index in [1.807, 2.05) is 0 Å². The third-order valence-electron chi connectivity index (χ3n) is 2.46. The van der Waals surface area contributed by atoms with Crippen LogP contribution in [-0.2, 0) is 4.79 Å². The van der Waals surface area contributed by atoms with E-state index in [1.165, 1.54) is 24.7 Å². The minimum Gasteiger partial charge on any atom is -0.482 e. The third kappa shape index (κ3) is 4.10. The van der Waals surface area contributed by atoms with Crippen molar-refractivity contribution in [1.29, 1.82) is 0 Å². The summed E-state index contributed by atoms with van der Waals surface area (Å²) in [6.45, 7) is -1.49. The summed E-state index contributed by atoms with van der Waals surface area (Å²) >= 11 is 6.01. The number of pyridine rings is 1. The van der Waals surface area contributed by atoms with Crippen LogP contribution < -0.4 is 15.4 Å². The van der Waals surface area contributed by atoms with Gasteiger partial charge in [0.1, 0.15) is 11.4 Å². The monoisotopic (exact) mass is 334 g/mol. The van der Waals surface area contributed by atoms with Crippen molar-refractivity contribution in [3.63, 3.8) is 0 Å². The van der Waals surface area contributed by atoms with Gasteiger partial charge in [0, 0.05) is 24.7 Å². The summed E-state index contributed by atoms with van der Waals surface area (Å²) in [5.74, 6) is -0.920. The van der Waals surface area contributed by atoms with Gasteiger partial charge in [0.25, 0.3) is 5.91 Å². The second-order valence-electron chi connectivity index (χ2n) is 4.18. The first-order valence-electron chi connectivity index (χ1n) is 5.91. The normalized spacial score (nSPS) is 20.4.